The van der Waals surface area contributed by atoms with Crippen molar-refractivity contribution in [3.8, 4) is 0 Å². The fourth-order valence-electron chi connectivity index (χ4n) is 2.75. The molecule has 0 bridgehead atoms. The number of halogens is 2. The summed E-state index contributed by atoms with van der Waals surface area (Å²) in [4.78, 5) is 28.6. The van der Waals surface area contributed by atoms with Gasteiger partial charge >= 0.3 is 0 Å². The topological polar surface area (TPSA) is 78.7 Å². The van der Waals surface area contributed by atoms with Gasteiger partial charge in [0.15, 0.2) is 5.82 Å². The number of carbonyl (C=O) groups excluding carboxylic acids is 2. The van der Waals surface area contributed by atoms with Crippen molar-refractivity contribution in [3.63, 3.8) is 0 Å². The number of nitrogens with one attached hydrogen (secondary N) is 1. The van der Waals surface area contributed by atoms with Gasteiger partial charge in [0.05, 0.1) is 12.1 Å². The van der Waals surface area contributed by atoms with Crippen molar-refractivity contribution in [3.05, 3.63) is 44.2 Å². The minimum atomic E-state index is -0.150. The standard InChI is InChI=1S/C17H18ClIN4O3/c1-11-8-15(21-26-11)20-16(24)10-22-4-6-23(7-5-22)17(25)13-9-12(18)2-3-14(13)19/h2-3,8-9H,4-7,10H2,1H3,(H,20,21,24). The monoisotopic (exact) mass is 488 g/mol. The molecular weight excluding hydrogens is 471 g/mol. The van der Waals surface area contributed by atoms with E-state index in [1.54, 1.807) is 30.0 Å². The minimum Gasteiger partial charge on any atom is -0.360 e. The Morgan fingerprint density at radius 3 is 2.65 bits per heavy atom. The predicted octanol–water partition coefficient (Wildman–Crippen LogP) is 2.64. The lowest BCUT2D eigenvalue weighted by atomic mass is 10.2. The first-order chi connectivity index (χ1) is 12.4. The van der Waals surface area contributed by atoms with E-state index in [4.69, 9.17) is 16.1 Å². The molecule has 1 aliphatic rings. The second-order valence-electron chi connectivity index (χ2n) is 6.06. The molecule has 7 nitrogen and oxygen atoms in total. The Kier molecular flexibility index (Phi) is 6.15. The Bertz CT molecular complexity index is 818. The molecule has 0 atom stereocenters. The van der Waals surface area contributed by atoms with Gasteiger partial charge in [0.1, 0.15) is 5.76 Å². The van der Waals surface area contributed by atoms with Crippen LogP contribution < -0.4 is 5.32 Å². The molecule has 2 amide bonds. The first-order valence-electron chi connectivity index (χ1n) is 8.12. The Morgan fingerprint density at radius 2 is 2.00 bits per heavy atom. The molecule has 9 heteroatoms. The molecule has 0 radical (unpaired) electrons. The average molecular weight is 489 g/mol. The van der Waals surface area contributed by atoms with E-state index in [2.05, 4.69) is 33.1 Å². The number of aryl methyl sites for hydroxylation is 1. The van der Waals surface area contributed by atoms with Crippen LogP contribution in [-0.2, 0) is 4.79 Å². The highest BCUT2D eigenvalue weighted by Gasteiger charge is 2.24. The number of nitrogens with zero attached hydrogens (tertiary/aromatic N) is 3. The van der Waals surface area contributed by atoms with Crippen LogP contribution in [0.4, 0.5) is 5.82 Å². The number of hydrogen-bond donors (Lipinski definition) is 1. The maximum absolute atomic E-state index is 12.7. The van der Waals surface area contributed by atoms with Gasteiger partial charge in [-0.05, 0) is 47.7 Å². The molecule has 2 aromatic rings. The van der Waals surface area contributed by atoms with Crippen molar-refractivity contribution in [2.24, 2.45) is 0 Å². The van der Waals surface area contributed by atoms with E-state index in [1.165, 1.54) is 0 Å². The van der Waals surface area contributed by atoms with Crippen molar-refractivity contribution in [1.82, 2.24) is 15.0 Å². The van der Waals surface area contributed by atoms with Gasteiger partial charge in [0.2, 0.25) is 5.91 Å². The van der Waals surface area contributed by atoms with E-state index in [9.17, 15) is 9.59 Å². The van der Waals surface area contributed by atoms with Crippen LogP contribution >= 0.6 is 34.2 Å². The van der Waals surface area contributed by atoms with E-state index >= 15 is 0 Å². The zero-order valence-corrected chi connectivity index (χ0v) is 17.1. The summed E-state index contributed by atoms with van der Waals surface area (Å²) >= 11 is 8.15. The number of hydrogen-bond acceptors (Lipinski definition) is 5. The molecule has 1 saturated heterocycles. The summed E-state index contributed by atoms with van der Waals surface area (Å²) in [5.74, 6) is 0.876. The lowest BCUT2D eigenvalue weighted by molar-refractivity contribution is -0.117. The van der Waals surface area contributed by atoms with Gasteiger partial charge in [0, 0.05) is 40.8 Å². The number of anilines is 1. The van der Waals surface area contributed by atoms with E-state index in [0.29, 0.717) is 48.3 Å². The van der Waals surface area contributed by atoms with Gasteiger partial charge in [-0.1, -0.05) is 16.8 Å². The number of piperazine rings is 1. The molecule has 1 aromatic carbocycles. The molecule has 1 N–H and O–H groups in total. The third kappa shape index (κ3) is 4.74. The highest BCUT2D eigenvalue weighted by Crippen LogP contribution is 2.20. The van der Waals surface area contributed by atoms with Crippen LogP contribution in [-0.4, -0.2) is 59.5 Å². The lowest BCUT2D eigenvalue weighted by Gasteiger charge is -2.34. The van der Waals surface area contributed by atoms with Crippen molar-refractivity contribution in [1.29, 1.82) is 0 Å². The van der Waals surface area contributed by atoms with Crippen LogP contribution in [0.2, 0.25) is 5.02 Å². The Hall–Kier alpha value is -1.65. The summed E-state index contributed by atoms with van der Waals surface area (Å²) in [6.07, 6.45) is 0. The maximum Gasteiger partial charge on any atom is 0.255 e. The molecule has 0 spiro atoms. The molecular formula is C17H18ClIN4O3. The van der Waals surface area contributed by atoms with Gasteiger partial charge < -0.3 is 14.7 Å². The quantitative estimate of drug-likeness (QED) is 0.670. The first kappa shape index (κ1) is 19.1. The fourth-order valence-corrected chi connectivity index (χ4v) is 3.49. The second kappa shape index (κ2) is 8.36. The maximum atomic E-state index is 12.7. The molecule has 138 valence electrons. The smallest absolute Gasteiger partial charge is 0.255 e. The van der Waals surface area contributed by atoms with Crippen molar-refractivity contribution in [2.45, 2.75) is 6.92 Å². The third-order valence-corrected chi connectivity index (χ3v) is 5.26. The van der Waals surface area contributed by atoms with E-state index in [0.717, 1.165) is 3.57 Å². The molecule has 1 aliphatic heterocycles. The summed E-state index contributed by atoms with van der Waals surface area (Å²) in [6.45, 7) is 4.42. The molecule has 3 rings (SSSR count). The average Bonchev–Trinajstić information content (AvgIpc) is 3.01. The fraction of sp³-hybridized carbons (Fsp3) is 0.353. The summed E-state index contributed by atoms with van der Waals surface area (Å²) in [7, 11) is 0. The van der Waals surface area contributed by atoms with Crippen molar-refractivity contribution in [2.75, 3.05) is 38.0 Å². The number of benzene rings is 1. The Balaban J connectivity index is 1.51. The molecule has 2 heterocycles. The number of carbonyl (C=O) groups is 2. The van der Waals surface area contributed by atoms with Crippen LogP contribution in [0.25, 0.3) is 0 Å². The molecule has 1 aromatic heterocycles. The van der Waals surface area contributed by atoms with Gasteiger partial charge in [-0.2, -0.15) is 0 Å². The highest BCUT2D eigenvalue weighted by atomic mass is 127. The van der Waals surface area contributed by atoms with Crippen molar-refractivity contribution >= 4 is 51.8 Å². The first-order valence-corrected chi connectivity index (χ1v) is 9.58. The predicted molar refractivity (Wildman–Crippen MR) is 106 cm³/mol. The van der Waals surface area contributed by atoms with Gasteiger partial charge in [-0.15, -0.1) is 0 Å². The SMILES string of the molecule is Cc1cc(NC(=O)CN2CCN(C(=O)c3cc(Cl)ccc3I)CC2)no1. The van der Waals surface area contributed by atoms with E-state index in [1.807, 2.05) is 11.0 Å². The second-order valence-corrected chi connectivity index (χ2v) is 7.66. The molecule has 1 fully saturated rings. The summed E-state index contributed by atoms with van der Waals surface area (Å²) in [5.41, 5.74) is 0.616. The highest BCUT2D eigenvalue weighted by molar-refractivity contribution is 14.1. The molecule has 26 heavy (non-hydrogen) atoms. The van der Waals surface area contributed by atoms with Crippen LogP contribution in [0, 0.1) is 10.5 Å². The third-order valence-electron chi connectivity index (χ3n) is 4.08. The van der Waals surface area contributed by atoms with Crippen LogP contribution in [0.5, 0.6) is 0 Å². The minimum absolute atomic E-state index is 0.0286. The summed E-state index contributed by atoms with van der Waals surface area (Å²) < 4.78 is 5.80. The normalized spacial score (nSPS) is 15.1. The number of amides is 2. The Labute approximate surface area is 169 Å². The molecule has 0 aliphatic carbocycles. The van der Waals surface area contributed by atoms with Gasteiger partial charge in [-0.3, -0.25) is 14.5 Å². The van der Waals surface area contributed by atoms with E-state index < -0.39 is 0 Å². The van der Waals surface area contributed by atoms with Gasteiger partial charge in [0.25, 0.3) is 5.91 Å². The molecule has 0 saturated carbocycles. The van der Waals surface area contributed by atoms with Gasteiger partial charge in [-0.25, -0.2) is 0 Å². The summed E-state index contributed by atoms with van der Waals surface area (Å²) in [5, 5.41) is 6.99. The number of aromatic nitrogens is 1. The van der Waals surface area contributed by atoms with Crippen molar-refractivity contribution < 1.29 is 14.1 Å². The zero-order chi connectivity index (χ0) is 18.7. The van der Waals surface area contributed by atoms with Crippen LogP contribution in [0.15, 0.2) is 28.8 Å². The number of rotatable bonds is 4. The van der Waals surface area contributed by atoms with E-state index in [-0.39, 0.29) is 18.4 Å². The Morgan fingerprint density at radius 1 is 1.27 bits per heavy atom. The largest absolute Gasteiger partial charge is 0.360 e. The van der Waals surface area contributed by atoms with Crippen LogP contribution in [0.1, 0.15) is 16.1 Å². The summed E-state index contributed by atoms with van der Waals surface area (Å²) in [6, 6.07) is 6.97. The zero-order valence-electron chi connectivity index (χ0n) is 14.2. The molecule has 0 unspecified atom stereocenters. The lowest BCUT2D eigenvalue weighted by Crippen LogP contribution is -2.50. The van der Waals surface area contributed by atoms with Crippen LogP contribution in [0.3, 0.4) is 0 Å².